The van der Waals surface area contributed by atoms with Crippen molar-refractivity contribution in [3.63, 3.8) is 0 Å². The minimum absolute atomic E-state index is 0.0364. The van der Waals surface area contributed by atoms with Gasteiger partial charge < -0.3 is 10.6 Å². The maximum absolute atomic E-state index is 12.3. The SMILES string of the molecule is CNC(=O)Cc1ccc(NC(=O)c2ccccc2SC)cc1. The Bertz CT molecular complexity index is 669. The lowest BCUT2D eigenvalue weighted by Crippen LogP contribution is -2.19. The molecule has 0 unspecified atom stereocenters. The van der Waals surface area contributed by atoms with E-state index in [1.807, 2.05) is 36.6 Å². The summed E-state index contributed by atoms with van der Waals surface area (Å²) in [5, 5.41) is 5.46. The van der Waals surface area contributed by atoms with E-state index in [9.17, 15) is 9.59 Å². The molecule has 5 heteroatoms. The molecule has 0 spiro atoms. The second kappa shape index (κ2) is 7.66. The lowest BCUT2D eigenvalue weighted by Gasteiger charge is -2.09. The van der Waals surface area contributed by atoms with Gasteiger partial charge in [-0.15, -0.1) is 11.8 Å². The summed E-state index contributed by atoms with van der Waals surface area (Å²) >= 11 is 1.54. The molecular weight excluding hydrogens is 296 g/mol. The predicted molar refractivity (Wildman–Crippen MR) is 90.4 cm³/mol. The second-order valence-corrected chi connectivity index (χ2v) is 5.55. The third-order valence-corrected chi connectivity index (χ3v) is 4.00. The second-order valence-electron chi connectivity index (χ2n) is 4.70. The smallest absolute Gasteiger partial charge is 0.256 e. The molecule has 0 bridgehead atoms. The molecule has 0 aliphatic heterocycles. The minimum Gasteiger partial charge on any atom is -0.359 e. The lowest BCUT2D eigenvalue weighted by atomic mass is 10.1. The summed E-state index contributed by atoms with van der Waals surface area (Å²) in [6.07, 6.45) is 2.28. The minimum atomic E-state index is -0.135. The van der Waals surface area contributed by atoms with Gasteiger partial charge in [0.15, 0.2) is 0 Å². The van der Waals surface area contributed by atoms with Crippen LogP contribution in [0.2, 0.25) is 0 Å². The average Bonchev–Trinajstić information content (AvgIpc) is 2.56. The van der Waals surface area contributed by atoms with Crippen LogP contribution in [0.3, 0.4) is 0 Å². The average molecular weight is 314 g/mol. The van der Waals surface area contributed by atoms with Gasteiger partial charge in [0, 0.05) is 17.6 Å². The van der Waals surface area contributed by atoms with Crippen LogP contribution in [0, 0.1) is 0 Å². The van der Waals surface area contributed by atoms with E-state index in [0.717, 1.165) is 10.5 Å². The monoisotopic (exact) mass is 314 g/mol. The first kappa shape index (κ1) is 16.1. The van der Waals surface area contributed by atoms with Crippen LogP contribution in [-0.4, -0.2) is 25.1 Å². The fourth-order valence-corrected chi connectivity index (χ4v) is 2.61. The molecule has 22 heavy (non-hydrogen) atoms. The van der Waals surface area contributed by atoms with Gasteiger partial charge in [0.05, 0.1) is 12.0 Å². The van der Waals surface area contributed by atoms with Crippen LogP contribution in [0.5, 0.6) is 0 Å². The predicted octanol–water partition coefficient (Wildman–Crippen LogP) is 2.95. The number of rotatable bonds is 5. The number of benzene rings is 2. The first-order chi connectivity index (χ1) is 10.6. The number of amides is 2. The van der Waals surface area contributed by atoms with Crippen molar-refractivity contribution in [1.82, 2.24) is 5.32 Å². The van der Waals surface area contributed by atoms with Gasteiger partial charge in [0.25, 0.3) is 5.91 Å². The number of anilines is 1. The van der Waals surface area contributed by atoms with Crippen molar-refractivity contribution >= 4 is 29.3 Å². The van der Waals surface area contributed by atoms with E-state index in [4.69, 9.17) is 0 Å². The molecular formula is C17H18N2O2S. The zero-order chi connectivity index (χ0) is 15.9. The fraction of sp³-hybridized carbons (Fsp3) is 0.176. The molecule has 2 aromatic rings. The van der Waals surface area contributed by atoms with Crippen molar-refractivity contribution in [2.24, 2.45) is 0 Å². The number of thioether (sulfide) groups is 1. The van der Waals surface area contributed by atoms with E-state index < -0.39 is 0 Å². The van der Waals surface area contributed by atoms with Gasteiger partial charge in [-0.2, -0.15) is 0 Å². The zero-order valence-corrected chi connectivity index (χ0v) is 13.4. The van der Waals surface area contributed by atoms with E-state index in [1.54, 1.807) is 37.0 Å². The van der Waals surface area contributed by atoms with Gasteiger partial charge in [-0.05, 0) is 36.1 Å². The summed E-state index contributed by atoms with van der Waals surface area (Å²) in [4.78, 5) is 24.6. The lowest BCUT2D eigenvalue weighted by molar-refractivity contribution is -0.119. The molecule has 0 heterocycles. The first-order valence-corrected chi connectivity index (χ1v) is 8.10. The van der Waals surface area contributed by atoms with Gasteiger partial charge in [-0.1, -0.05) is 24.3 Å². The van der Waals surface area contributed by atoms with E-state index in [1.165, 1.54) is 0 Å². The highest BCUT2D eigenvalue weighted by Crippen LogP contribution is 2.21. The maximum Gasteiger partial charge on any atom is 0.256 e. The van der Waals surface area contributed by atoms with Crippen molar-refractivity contribution in [2.45, 2.75) is 11.3 Å². The Morgan fingerprint density at radius 2 is 1.73 bits per heavy atom. The van der Waals surface area contributed by atoms with Crippen LogP contribution in [-0.2, 0) is 11.2 Å². The summed E-state index contributed by atoms with van der Waals surface area (Å²) in [6, 6.07) is 14.8. The Morgan fingerprint density at radius 1 is 1.05 bits per heavy atom. The van der Waals surface area contributed by atoms with E-state index in [-0.39, 0.29) is 11.8 Å². The van der Waals surface area contributed by atoms with Crippen LogP contribution >= 0.6 is 11.8 Å². The first-order valence-electron chi connectivity index (χ1n) is 6.88. The van der Waals surface area contributed by atoms with Crippen LogP contribution in [0.1, 0.15) is 15.9 Å². The molecule has 0 saturated carbocycles. The van der Waals surface area contributed by atoms with Gasteiger partial charge in [-0.25, -0.2) is 0 Å². The molecule has 0 atom stereocenters. The molecule has 0 aromatic heterocycles. The normalized spacial score (nSPS) is 10.1. The number of carbonyl (C=O) groups is 2. The topological polar surface area (TPSA) is 58.2 Å². The summed E-state index contributed by atoms with van der Waals surface area (Å²) in [6.45, 7) is 0. The zero-order valence-electron chi connectivity index (χ0n) is 12.6. The molecule has 4 nitrogen and oxygen atoms in total. The number of likely N-dealkylation sites (N-methyl/N-ethyl adjacent to an activating group) is 1. The molecule has 0 saturated heterocycles. The van der Waals surface area contributed by atoms with Crippen LogP contribution in [0.4, 0.5) is 5.69 Å². The quantitative estimate of drug-likeness (QED) is 0.834. The molecule has 114 valence electrons. The van der Waals surface area contributed by atoms with E-state index in [2.05, 4.69) is 10.6 Å². The Morgan fingerprint density at radius 3 is 2.36 bits per heavy atom. The van der Waals surface area contributed by atoms with Crippen LogP contribution in [0.25, 0.3) is 0 Å². The molecule has 2 N–H and O–H groups in total. The molecule has 0 radical (unpaired) electrons. The van der Waals surface area contributed by atoms with Gasteiger partial charge in [0.1, 0.15) is 0 Å². The summed E-state index contributed by atoms with van der Waals surface area (Å²) in [5.74, 6) is -0.172. The summed E-state index contributed by atoms with van der Waals surface area (Å²) in [7, 11) is 1.61. The van der Waals surface area contributed by atoms with Gasteiger partial charge in [0.2, 0.25) is 5.91 Å². The van der Waals surface area contributed by atoms with Crippen molar-refractivity contribution in [1.29, 1.82) is 0 Å². The number of nitrogens with one attached hydrogen (secondary N) is 2. The van der Waals surface area contributed by atoms with Crippen molar-refractivity contribution in [2.75, 3.05) is 18.6 Å². The third kappa shape index (κ3) is 4.11. The summed E-state index contributed by atoms with van der Waals surface area (Å²) < 4.78 is 0. The molecule has 2 amide bonds. The molecule has 2 aromatic carbocycles. The largest absolute Gasteiger partial charge is 0.359 e. The fourth-order valence-electron chi connectivity index (χ4n) is 2.01. The molecule has 0 aliphatic rings. The highest BCUT2D eigenvalue weighted by Gasteiger charge is 2.10. The Balaban J connectivity index is 2.07. The third-order valence-electron chi connectivity index (χ3n) is 3.21. The Kier molecular flexibility index (Phi) is 5.61. The molecule has 0 fully saturated rings. The van der Waals surface area contributed by atoms with Crippen molar-refractivity contribution < 1.29 is 9.59 Å². The van der Waals surface area contributed by atoms with Gasteiger partial charge >= 0.3 is 0 Å². The summed E-state index contributed by atoms with van der Waals surface area (Å²) in [5.41, 5.74) is 2.27. The Hall–Kier alpha value is -2.27. The molecule has 0 aliphatic carbocycles. The van der Waals surface area contributed by atoms with Gasteiger partial charge in [-0.3, -0.25) is 9.59 Å². The van der Waals surface area contributed by atoms with Crippen molar-refractivity contribution in [3.05, 3.63) is 59.7 Å². The maximum atomic E-state index is 12.3. The standard InChI is InChI=1S/C17H18N2O2S/c1-18-16(20)11-12-7-9-13(10-8-12)19-17(21)14-5-3-4-6-15(14)22-2/h3-10H,11H2,1-2H3,(H,18,20)(H,19,21). The van der Waals surface area contributed by atoms with Crippen molar-refractivity contribution in [3.8, 4) is 0 Å². The van der Waals surface area contributed by atoms with Crippen LogP contribution in [0.15, 0.2) is 53.4 Å². The number of hydrogen-bond donors (Lipinski definition) is 2. The Labute approximate surface area is 134 Å². The van der Waals surface area contributed by atoms with E-state index >= 15 is 0 Å². The number of carbonyl (C=O) groups excluding carboxylic acids is 2. The highest BCUT2D eigenvalue weighted by atomic mass is 32.2. The van der Waals surface area contributed by atoms with Crippen LogP contribution < -0.4 is 10.6 Å². The number of hydrogen-bond acceptors (Lipinski definition) is 3. The van der Waals surface area contributed by atoms with E-state index in [0.29, 0.717) is 17.7 Å². The molecule has 2 rings (SSSR count). The highest BCUT2D eigenvalue weighted by molar-refractivity contribution is 7.98.